The average Bonchev–Trinajstić information content (AvgIpc) is 3.52. The number of hydrogen-bond acceptors (Lipinski definition) is 7. The van der Waals surface area contributed by atoms with Crippen molar-refractivity contribution < 1.29 is 14.2 Å². The molecule has 2 aliphatic heterocycles. The maximum Gasteiger partial charge on any atom is 0.182 e. The molecular formula is C21H28N6O3S. The SMILES string of the molecule is COc1cccc(-c2nnnn2[C@H]2CO[C@H]3[C@@H]2OC[C@@H]3NC(=S)NC2CCCCC2)c1. The number of nitrogens with one attached hydrogen (secondary N) is 2. The Morgan fingerprint density at radius 1 is 1.13 bits per heavy atom. The first-order valence-electron chi connectivity index (χ1n) is 11.0. The molecule has 9 nitrogen and oxygen atoms in total. The monoisotopic (exact) mass is 444 g/mol. The van der Waals surface area contributed by atoms with Gasteiger partial charge in [-0.15, -0.1) is 5.10 Å². The van der Waals surface area contributed by atoms with Crippen LogP contribution >= 0.6 is 12.2 Å². The first kappa shape index (κ1) is 20.6. The summed E-state index contributed by atoms with van der Waals surface area (Å²) in [6, 6.07) is 8.08. The van der Waals surface area contributed by atoms with Gasteiger partial charge in [-0.05, 0) is 47.6 Å². The zero-order valence-corrected chi connectivity index (χ0v) is 18.4. The first-order valence-corrected chi connectivity index (χ1v) is 11.4. The highest BCUT2D eigenvalue weighted by Crippen LogP contribution is 2.36. The van der Waals surface area contributed by atoms with Gasteiger partial charge in [0.15, 0.2) is 10.9 Å². The summed E-state index contributed by atoms with van der Waals surface area (Å²) in [7, 11) is 1.64. The molecule has 2 saturated heterocycles. The van der Waals surface area contributed by atoms with Gasteiger partial charge in [0.05, 0.1) is 26.4 Å². The van der Waals surface area contributed by atoms with Gasteiger partial charge >= 0.3 is 0 Å². The molecule has 3 aliphatic rings. The second-order valence-electron chi connectivity index (χ2n) is 8.40. The Morgan fingerprint density at radius 2 is 1.97 bits per heavy atom. The molecule has 1 aliphatic carbocycles. The molecule has 10 heteroatoms. The second-order valence-corrected chi connectivity index (χ2v) is 8.81. The molecule has 0 radical (unpaired) electrons. The Bertz CT molecular complexity index is 918. The Balaban J connectivity index is 1.25. The fourth-order valence-electron chi connectivity index (χ4n) is 4.82. The Labute approximate surface area is 186 Å². The summed E-state index contributed by atoms with van der Waals surface area (Å²) in [4.78, 5) is 0. The highest BCUT2D eigenvalue weighted by atomic mass is 32.1. The predicted molar refractivity (Wildman–Crippen MR) is 118 cm³/mol. The van der Waals surface area contributed by atoms with Crippen molar-refractivity contribution in [1.29, 1.82) is 0 Å². The van der Waals surface area contributed by atoms with E-state index in [2.05, 4.69) is 26.2 Å². The maximum atomic E-state index is 6.14. The van der Waals surface area contributed by atoms with E-state index in [1.807, 2.05) is 24.3 Å². The number of methoxy groups -OCH3 is 1. The quantitative estimate of drug-likeness (QED) is 0.670. The van der Waals surface area contributed by atoms with Gasteiger partial charge < -0.3 is 24.8 Å². The molecule has 1 saturated carbocycles. The van der Waals surface area contributed by atoms with Gasteiger partial charge in [-0.3, -0.25) is 0 Å². The molecule has 1 aromatic heterocycles. The molecule has 2 N–H and O–H groups in total. The second kappa shape index (κ2) is 9.05. The van der Waals surface area contributed by atoms with Crippen molar-refractivity contribution in [2.24, 2.45) is 0 Å². The minimum absolute atomic E-state index is 0.00957. The molecule has 5 rings (SSSR count). The van der Waals surface area contributed by atoms with Crippen molar-refractivity contribution >= 4 is 17.3 Å². The van der Waals surface area contributed by atoms with Crippen LogP contribution in [0.25, 0.3) is 11.4 Å². The first-order chi connectivity index (χ1) is 15.2. The van der Waals surface area contributed by atoms with Crippen molar-refractivity contribution in [3.8, 4) is 17.1 Å². The van der Waals surface area contributed by atoms with Crippen molar-refractivity contribution in [2.45, 2.75) is 62.4 Å². The number of nitrogens with zero attached hydrogens (tertiary/aromatic N) is 4. The van der Waals surface area contributed by atoms with Gasteiger partial charge in [0, 0.05) is 11.6 Å². The van der Waals surface area contributed by atoms with Gasteiger partial charge in [0.1, 0.15) is 24.0 Å². The summed E-state index contributed by atoms with van der Waals surface area (Å²) in [6.07, 6.45) is 5.98. The molecule has 0 spiro atoms. The predicted octanol–water partition coefficient (Wildman–Crippen LogP) is 1.85. The average molecular weight is 445 g/mol. The van der Waals surface area contributed by atoms with E-state index < -0.39 is 0 Å². The van der Waals surface area contributed by atoms with Crippen LogP contribution in [-0.2, 0) is 9.47 Å². The van der Waals surface area contributed by atoms with Crippen LogP contribution in [-0.4, -0.2) is 69.9 Å². The lowest BCUT2D eigenvalue weighted by Gasteiger charge is -2.26. The Hall–Kier alpha value is -2.30. The minimum Gasteiger partial charge on any atom is -0.497 e. The molecule has 3 heterocycles. The highest BCUT2D eigenvalue weighted by molar-refractivity contribution is 7.80. The number of benzene rings is 1. The van der Waals surface area contributed by atoms with E-state index >= 15 is 0 Å². The van der Waals surface area contributed by atoms with Gasteiger partial charge in [-0.2, -0.15) is 0 Å². The number of ether oxygens (including phenoxy) is 3. The van der Waals surface area contributed by atoms with Gasteiger partial charge in [-0.25, -0.2) is 4.68 Å². The summed E-state index contributed by atoms with van der Waals surface area (Å²) in [5, 5.41) is 20.0. The van der Waals surface area contributed by atoms with Crippen molar-refractivity contribution in [3.05, 3.63) is 24.3 Å². The van der Waals surface area contributed by atoms with E-state index in [-0.39, 0.29) is 24.3 Å². The Morgan fingerprint density at radius 3 is 2.81 bits per heavy atom. The summed E-state index contributed by atoms with van der Waals surface area (Å²) in [5.74, 6) is 1.43. The molecule has 166 valence electrons. The molecule has 3 fully saturated rings. The third kappa shape index (κ3) is 4.24. The fraction of sp³-hybridized carbons (Fsp3) is 0.619. The van der Waals surface area contributed by atoms with Crippen LogP contribution in [0, 0.1) is 0 Å². The van der Waals surface area contributed by atoms with Gasteiger partial charge in [0.25, 0.3) is 0 Å². The number of thiocarbonyl (C=S) groups is 1. The number of tetrazole rings is 1. The Kier molecular flexibility index (Phi) is 6.02. The largest absolute Gasteiger partial charge is 0.497 e. The number of rotatable bonds is 5. The summed E-state index contributed by atoms with van der Waals surface area (Å²) in [5.41, 5.74) is 0.887. The van der Waals surface area contributed by atoms with E-state index in [1.54, 1.807) is 11.8 Å². The smallest absolute Gasteiger partial charge is 0.182 e. The normalized spacial score (nSPS) is 28.3. The van der Waals surface area contributed by atoms with Crippen LogP contribution in [0.3, 0.4) is 0 Å². The van der Waals surface area contributed by atoms with Crippen LogP contribution in [0.4, 0.5) is 0 Å². The number of aromatic nitrogens is 4. The number of fused-ring (bicyclic) bond motifs is 1. The molecule has 2 aromatic rings. The lowest BCUT2D eigenvalue weighted by Crippen LogP contribution is -2.50. The molecule has 0 bridgehead atoms. The number of hydrogen-bond donors (Lipinski definition) is 2. The molecule has 0 unspecified atom stereocenters. The van der Waals surface area contributed by atoms with Crippen LogP contribution in [0.2, 0.25) is 0 Å². The zero-order valence-electron chi connectivity index (χ0n) is 17.6. The van der Waals surface area contributed by atoms with Crippen LogP contribution in [0.5, 0.6) is 5.75 Å². The van der Waals surface area contributed by atoms with Gasteiger partial charge in [-0.1, -0.05) is 31.4 Å². The summed E-state index contributed by atoms with van der Waals surface area (Å²) in [6.45, 7) is 1.02. The summed E-state index contributed by atoms with van der Waals surface area (Å²) < 4.78 is 19.4. The molecular weight excluding hydrogens is 416 g/mol. The molecule has 1 aromatic carbocycles. The topological polar surface area (TPSA) is 95.4 Å². The van der Waals surface area contributed by atoms with Crippen LogP contribution in [0.1, 0.15) is 38.1 Å². The fourth-order valence-corrected chi connectivity index (χ4v) is 5.14. The van der Waals surface area contributed by atoms with Crippen molar-refractivity contribution in [1.82, 2.24) is 30.8 Å². The zero-order chi connectivity index (χ0) is 21.2. The maximum absolute atomic E-state index is 6.14. The van der Waals surface area contributed by atoms with E-state index in [0.717, 1.165) is 11.3 Å². The van der Waals surface area contributed by atoms with Gasteiger partial charge in [0.2, 0.25) is 0 Å². The van der Waals surface area contributed by atoms with E-state index in [1.165, 1.54) is 32.1 Å². The van der Waals surface area contributed by atoms with E-state index in [4.69, 9.17) is 26.4 Å². The molecule has 31 heavy (non-hydrogen) atoms. The highest BCUT2D eigenvalue weighted by Gasteiger charge is 2.49. The van der Waals surface area contributed by atoms with Crippen LogP contribution in [0.15, 0.2) is 24.3 Å². The lowest BCUT2D eigenvalue weighted by atomic mass is 9.96. The van der Waals surface area contributed by atoms with Crippen molar-refractivity contribution in [2.75, 3.05) is 20.3 Å². The van der Waals surface area contributed by atoms with Crippen LogP contribution < -0.4 is 15.4 Å². The summed E-state index contributed by atoms with van der Waals surface area (Å²) >= 11 is 5.57. The molecule has 0 amide bonds. The lowest BCUT2D eigenvalue weighted by molar-refractivity contribution is 0.0626. The van der Waals surface area contributed by atoms with Crippen molar-refractivity contribution in [3.63, 3.8) is 0 Å². The third-order valence-corrected chi connectivity index (χ3v) is 6.65. The third-order valence-electron chi connectivity index (χ3n) is 6.42. The standard InChI is InChI=1S/C21H28N6O3S/c1-28-15-9-5-6-13(10-15)20-24-25-26-27(20)17-12-30-18-16(11-29-19(17)18)23-21(31)22-14-7-3-2-4-8-14/h5-6,9-10,14,16-19H,2-4,7-8,11-12H2,1H3,(H2,22,23,31)/t16-,17-,18+,19+/m0/s1. The minimum atomic E-state index is -0.136. The molecule has 4 atom stereocenters. The van der Waals surface area contributed by atoms with E-state index in [0.29, 0.717) is 30.2 Å². The van der Waals surface area contributed by atoms with E-state index in [9.17, 15) is 0 Å².